The minimum atomic E-state index is -5.17. The van der Waals surface area contributed by atoms with Crippen molar-refractivity contribution < 1.29 is 60.0 Å². The summed E-state index contributed by atoms with van der Waals surface area (Å²) in [6, 6.07) is 0. The molecule has 11 atom stereocenters. The highest BCUT2D eigenvalue weighted by molar-refractivity contribution is 8.44. The largest absolute Gasteiger partial charge is 0.472 e. The van der Waals surface area contributed by atoms with Gasteiger partial charge in [0.1, 0.15) is 42.4 Å². The summed E-state index contributed by atoms with van der Waals surface area (Å²) < 4.78 is 90.5. The second kappa shape index (κ2) is 11.0. The van der Waals surface area contributed by atoms with Gasteiger partial charge in [-0.05, 0) is 0 Å². The summed E-state index contributed by atoms with van der Waals surface area (Å²) in [4.78, 5) is 46.3. The summed E-state index contributed by atoms with van der Waals surface area (Å²) in [6.45, 7) is -6.19. The van der Waals surface area contributed by atoms with Crippen LogP contribution in [0.3, 0.4) is 0 Å². The number of alkyl halides is 2. The molecule has 2 aromatic heterocycles. The zero-order valence-electron chi connectivity index (χ0n) is 20.9. The fourth-order valence-corrected chi connectivity index (χ4v) is 7.43. The first kappa shape index (κ1) is 29.7. The molecule has 4 aliphatic rings. The summed E-state index contributed by atoms with van der Waals surface area (Å²) >= 11 is 3.88. The van der Waals surface area contributed by atoms with Gasteiger partial charge in [-0.1, -0.05) is 18.3 Å². The maximum absolute atomic E-state index is 15.8. The summed E-state index contributed by atoms with van der Waals surface area (Å²) in [7, 11) is -5.17. The summed E-state index contributed by atoms with van der Waals surface area (Å²) in [6.07, 6.45) is -9.78. The van der Waals surface area contributed by atoms with E-state index < -0.39 is 94.7 Å². The van der Waals surface area contributed by atoms with E-state index in [0.717, 1.165) is 23.0 Å². The molecule has 22 heteroatoms. The van der Waals surface area contributed by atoms with Gasteiger partial charge in [-0.2, -0.15) is 0 Å². The number of fused-ring (bicyclic) bond motifs is 4. The van der Waals surface area contributed by atoms with Crippen molar-refractivity contribution in [1.82, 2.24) is 24.8 Å². The Morgan fingerprint density at radius 2 is 1.79 bits per heavy atom. The van der Waals surface area contributed by atoms with Crippen LogP contribution in [0.4, 0.5) is 14.6 Å². The average molecular weight is 654 g/mol. The number of rotatable bonds is 2. The predicted molar refractivity (Wildman–Crippen MR) is 136 cm³/mol. The Bertz CT molecular complexity index is 1550. The number of carbonyl (C=O) groups is 2. The van der Waals surface area contributed by atoms with E-state index in [0.29, 0.717) is 0 Å². The van der Waals surface area contributed by atoms with E-state index in [1.165, 1.54) is 6.33 Å². The molecule has 0 aromatic carbocycles. The highest BCUT2D eigenvalue weighted by Crippen LogP contribution is 2.58. The van der Waals surface area contributed by atoms with Crippen LogP contribution in [0.25, 0.3) is 11.2 Å². The molecule has 6 rings (SSSR count). The minimum Gasteiger partial charge on any atom is -0.382 e. The third-order valence-electron chi connectivity index (χ3n) is 6.92. The van der Waals surface area contributed by atoms with E-state index in [2.05, 4.69) is 27.2 Å². The smallest absolute Gasteiger partial charge is 0.382 e. The molecule has 0 saturated carbocycles. The van der Waals surface area contributed by atoms with Crippen molar-refractivity contribution in [3.8, 4) is 0 Å². The van der Waals surface area contributed by atoms with Gasteiger partial charge in [-0.3, -0.25) is 37.6 Å². The number of imide groups is 1. The van der Waals surface area contributed by atoms with Crippen molar-refractivity contribution >= 4 is 55.7 Å². The number of nitrogens with two attached hydrogens (primary N) is 1. The van der Waals surface area contributed by atoms with E-state index >= 15 is 8.78 Å². The van der Waals surface area contributed by atoms with Crippen molar-refractivity contribution in [2.75, 3.05) is 18.9 Å². The molecule has 3 fully saturated rings. The topological polar surface area (TPSA) is 226 Å². The Morgan fingerprint density at radius 3 is 2.55 bits per heavy atom. The van der Waals surface area contributed by atoms with Crippen LogP contribution in [0.1, 0.15) is 6.23 Å². The second-order valence-electron chi connectivity index (χ2n) is 9.58. The number of phosphoric ester groups is 1. The van der Waals surface area contributed by atoms with Crippen molar-refractivity contribution in [1.29, 1.82) is 0 Å². The van der Waals surface area contributed by atoms with Crippen molar-refractivity contribution in [3.05, 3.63) is 24.8 Å². The second-order valence-corrected chi connectivity index (χ2v) is 13.9. The van der Waals surface area contributed by atoms with E-state index in [1.54, 1.807) is 0 Å². The number of anilines is 1. The molecule has 2 bridgehead atoms. The first-order valence-corrected chi connectivity index (χ1v) is 16.4. The maximum Gasteiger partial charge on any atom is 0.472 e. The zero-order chi connectivity index (χ0) is 30.0. The molecular formula is C20H22F2N6O11P2S. The molecule has 42 heavy (non-hydrogen) atoms. The number of carbonyl (C=O) groups excluding carboxylic acids is 2. The lowest BCUT2D eigenvalue weighted by atomic mass is 9.93. The first-order chi connectivity index (χ1) is 19.8. The molecule has 4 aliphatic heterocycles. The van der Waals surface area contributed by atoms with E-state index in [9.17, 15) is 23.6 Å². The molecule has 17 nitrogen and oxygen atoms in total. The third kappa shape index (κ3) is 5.52. The van der Waals surface area contributed by atoms with Crippen LogP contribution in [0.5, 0.6) is 0 Å². The lowest BCUT2D eigenvalue weighted by Crippen LogP contribution is -2.46. The molecule has 3 unspecified atom stereocenters. The number of hydrogen-bond acceptors (Lipinski definition) is 14. The molecule has 3 saturated heterocycles. The molecule has 228 valence electrons. The Morgan fingerprint density at radius 1 is 1.02 bits per heavy atom. The van der Waals surface area contributed by atoms with Crippen molar-refractivity contribution in [2.45, 2.75) is 49.1 Å². The van der Waals surface area contributed by atoms with Crippen LogP contribution in [0, 0.1) is 5.92 Å². The number of amides is 2. The quantitative estimate of drug-likeness (QED) is 0.197. The average Bonchev–Trinajstić information content (AvgIpc) is 3.57. The van der Waals surface area contributed by atoms with Gasteiger partial charge in [0.25, 0.3) is 0 Å². The Hall–Kier alpha value is -2.38. The number of nitrogens with zero attached hydrogens (tertiary/aromatic N) is 4. The van der Waals surface area contributed by atoms with Crippen LogP contribution in [0.15, 0.2) is 24.8 Å². The van der Waals surface area contributed by atoms with E-state index in [4.69, 9.17) is 33.3 Å². The number of ether oxygens (including phenoxy) is 2. The normalized spacial score (nSPS) is 42.9. The van der Waals surface area contributed by atoms with Gasteiger partial charge in [0, 0.05) is 6.08 Å². The summed E-state index contributed by atoms with van der Waals surface area (Å²) in [5.74, 6) is -2.92. The van der Waals surface area contributed by atoms with Crippen LogP contribution in [-0.2, 0) is 46.3 Å². The SMILES string of the molecule is Nc1ncnc2c1ncn2[C@@H]1O[C@@H]2COP(=O)(O)O[C@@H]3[C@H](F)[C@@H](COP(=O)(S)O[C@H]2[C@H]1F)O[C@H]3C1C=CC(=O)NC1=O. The highest BCUT2D eigenvalue weighted by atomic mass is 32.7. The molecule has 6 heterocycles. The standard InChI is InChI=1S/C20H22F2N6O11P2S/c21-11-8-3-35-41(33,42)39-15-9(37-20(12(15)22)28-6-26-13-17(23)24-5-25-18(13)28)4-34-40(31,32)38-16(11)14(36-8)7-1-2-10(29)27-19(7)30/h1-2,5-9,11-12,14-16,20H,3-4H2,(H,31,32)(H,33,42)(H2,23,24,25)(H,27,29,30)/t7?,8-,9-,11-,12-,14+,15-,16-,20-,41?/m1/s1. The lowest BCUT2D eigenvalue weighted by molar-refractivity contribution is -0.135. The van der Waals surface area contributed by atoms with E-state index in [-0.39, 0.29) is 17.0 Å². The number of thiol groups is 1. The molecular weight excluding hydrogens is 632 g/mol. The number of phosphoric acid groups is 1. The lowest BCUT2D eigenvalue weighted by Gasteiger charge is -2.28. The Balaban J connectivity index is 1.29. The van der Waals surface area contributed by atoms with Crippen LogP contribution < -0.4 is 11.1 Å². The summed E-state index contributed by atoms with van der Waals surface area (Å²) in [5, 5.41) is 2.01. The number of hydrogen-bond donors (Lipinski definition) is 4. The van der Waals surface area contributed by atoms with Crippen LogP contribution in [0.2, 0.25) is 0 Å². The molecule has 2 amide bonds. The number of aromatic nitrogens is 4. The van der Waals surface area contributed by atoms with Crippen molar-refractivity contribution in [2.24, 2.45) is 5.92 Å². The van der Waals surface area contributed by atoms with Gasteiger partial charge in [0.15, 0.2) is 30.0 Å². The first-order valence-electron chi connectivity index (χ1n) is 12.2. The zero-order valence-corrected chi connectivity index (χ0v) is 23.6. The molecule has 4 N–H and O–H groups in total. The Kier molecular flexibility index (Phi) is 7.75. The van der Waals surface area contributed by atoms with Crippen LogP contribution in [-0.4, -0.2) is 92.3 Å². The van der Waals surface area contributed by atoms with Gasteiger partial charge < -0.3 is 20.1 Å². The monoisotopic (exact) mass is 654 g/mol. The number of nitrogen functional groups attached to an aromatic ring is 1. The third-order valence-corrected chi connectivity index (χ3v) is 9.52. The van der Waals surface area contributed by atoms with Gasteiger partial charge in [-0.15, -0.1) is 0 Å². The van der Waals surface area contributed by atoms with Gasteiger partial charge in [0.2, 0.25) is 11.8 Å². The number of imidazole rings is 1. The van der Waals surface area contributed by atoms with Gasteiger partial charge >= 0.3 is 14.6 Å². The molecule has 0 spiro atoms. The van der Waals surface area contributed by atoms with Crippen molar-refractivity contribution in [3.63, 3.8) is 0 Å². The van der Waals surface area contributed by atoms with Gasteiger partial charge in [-0.25, -0.2) is 32.9 Å². The molecule has 0 aliphatic carbocycles. The molecule has 0 radical (unpaired) electrons. The maximum atomic E-state index is 15.8. The highest BCUT2D eigenvalue weighted by Gasteiger charge is 2.56. The van der Waals surface area contributed by atoms with Crippen LogP contribution >= 0.6 is 26.9 Å². The molecule has 2 aromatic rings. The number of halogens is 2. The fraction of sp³-hybridized carbons (Fsp3) is 0.550. The summed E-state index contributed by atoms with van der Waals surface area (Å²) in [5.41, 5.74) is 6.02. The van der Waals surface area contributed by atoms with Gasteiger partial charge in [0.05, 0.1) is 25.5 Å². The van der Waals surface area contributed by atoms with E-state index in [1.807, 2.05) is 5.32 Å². The minimum absolute atomic E-state index is 0.00930. The Labute approximate surface area is 239 Å². The number of nitrogens with one attached hydrogen (secondary N) is 1. The fourth-order valence-electron chi connectivity index (χ4n) is 5.01. The predicted octanol–water partition coefficient (Wildman–Crippen LogP) is 0.534.